The van der Waals surface area contributed by atoms with E-state index in [9.17, 15) is 4.79 Å². The molecule has 0 aliphatic carbocycles. The molecule has 2 aromatic heterocycles. The Morgan fingerprint density at radius 2 is 1.48 bits per heavy atom. The molecule has 4 bridgehead atoms. The number of piperidine rings is 2. The van der Waals surface area contributed by atoms with Gasteiger partial charge in [-0.05, 0) is 49.9 Å². The third kappa shape index (κ3) is 5.38. The lowest BCUT2D eigenvalue weighted by molar-refractivity contribution is 0.0594. The van der Waals surface area contributed by atoms with E-state index in [0.29, 0.717) is 22.9 Å². The average Bonchev–Trinajstić information content (AvgIpc) is 2.79. The monoisotopic (exact) mass is 510 g/mol. The Hall–Kier alpha value is -2.04. The van der Waals surface area contributed by atoms with Gasteiger partial charge >= 0.3 is 5.97 Å². The molecular formula is C22H31ClN6O2S2. The van der Waals surface area contributed by atoms with Crippen LogP contribution in [-0.2, 0) is 4.74 Å². The highest BCUT2D eigenvalue weighted by Crippen LogP contribution is 2.34. The fourth-order valence-electron chi connectivity index (χ4n) is 4.84. The van der Waals surface area contributed by atoms with Gasteiger partial charge in [0, 0.05) is 38.3 Å². The van der Waals surface area contributed by atoms with Gasteiger partial charge in [0.25, 0.3) is 0 Å². The number of rotatable bonds is 1. The van der Waals surface area contributed by atoms with Gasteiger partial charge in [0.05, 0.1) is 18.5 Å². The maximum atomic E-state index is 11.4. The number of carbonyl (C=O) groups excluding carboxylic acids is 1. The zero-order valence-electron chi connectivity index (χ0n) is 18.6. The lowest BCUT2D eigenvalue weighted by atomic mass is 10.0. The Labute approximate surface area is 213 Å². The van der Waals surface area contributed by atoms with Crippen molar-refractivity contribution in [1.29, 1.82) is 0 Å². The van der Waals surface area contributed by atoms with E-state index in [1.165, 1.54) is 38.5 Å². The van der Waals surface area contributed by atoms with Crippen molar-refractivity contribution in [3.63, 3.8) is 0 Å². The number of carbonyl (C=O) groups is 1. The number of hydrogen-bond acceptors (Lipinski definition) is 8. The Kier molecular flexibility index (Phi) is 8.47. The molecule has 11 heteroatoms. The highest BCUT2D eigenvalue weighted by molar-refractivity contribution is 7.59. The second kappa shape index (κ2) is 10.9. The van der Waals surface area contributed by atoms with Crippen molar-refractivity contribution in [2.24, 2.45) is 0 Å². The SMILES string of the molecule is COC(=O)c1ccc2c(n1)N[C@H]1CCCN2C1.Clc1ccc2c(n1)N[C@H]1CCCN2C1.S.S. The molecule has 2 saturated heterocycles. The zero-order chi connectivity index (χ0) is 21.4. The molecule has 0 saturated carbocycles. The van der Waals surface area contributed by atoms with Crippen molar-refractivity contribution in [2.75, 3.05) is 53.7 Å². The molecule has 2 N–H and O–H groups in total. The van der Waals surface area contributed by atoms with Crippen molar-refractivity contribution in [2.45, 2.75) is 37.8 Å². The van der Waals surface area contributed by atoms with Crippen LogP contribution >= 0.6 is 38.6 Å². The average molecular weight is 511 g/mol. The van der Waals surface area contributed by atoms with Crippen molar-refractivity contribution in [3.05, 3.63) is 35.1 Å². The lowest BCUT2D eigenvalue weighted by Crippen LogP contribution is -2.46. The number of nitrogens with one attached hydrogen (secondary N) is 2. The van der Waals surface area contributed by atoms with E-state index in [0.717, 1.165) is 43.5 Å². The van der Waals surface area contributed by atoms with Gasteiger partial charge < -0.3 is 25.2 Å². The van der Waals surface area contributed by atoms with Crippen LogP contribution in [0.15, 0.2) is 24.3 Å². The molecule has 2 aromatic rings. The molecule has 2 fully saturated rings. The number of methoxy groups -OCH3 is 1. The molecule has 0 aromatic carbocycles. The maximum absolute atomic E-state index is 11.4. The third-order valence-corrected chi connectivity index (χ3v) is 6.52. The van der Waals surface area contributed by atoms with Crippen LogP contribution in [-0.4, -0.2) is 61.3 Å². The lowest BCUT2D eigenvalue weighted by Gasteiger charge is -2.40. The summed E-state index contributed by atoms with van der Waals surface area (Å²) in [6.07, 6.45) is 4.87. The largest absolute Gasteiger partial charge is 0.464 e. The van der Waals surface area contributed by atoms with E-state index < -0.39 is 0 Å². The molecule has 4 aliphatic heterocycles. The smallest absolute Gasteiger partial charge is 0.356 e. The van der Waals surface area contributed by atoms with E-state index in [4.69, 9.17) is 11.6 Å². The van der Waals surface area contributed by atoms with E-state index in [2.05, 4.69) is 41.2 Å². The fourth-order valence-corrected chi connectivity index (χ4v) is 4.98. The minimum atomic E-state index is -0.389. The Balaban J connectivity index is 0.000000178. The Morgan fingerprint density at radius 1 is 0.939 bits per heavy atom. The van der Waals surface area contributed by atoms with Crippen molar-refractivity contribution in [1.82, 2.24) is 9.97 Å². The summed E-state index contributed by atoms with van der Waals surface area (Å²) >= 11 is 5.86. The molecule has 4 aliphatic rings. The van der Waals surface area contributed by atoms with Crippen LogP contribution in [0.25, 0.3) is 0 Å². The van der Waals surface area contributed by atoms with E-state index >= 15 is 0 Å². The summed E-state index contributed by atoms with van der Waals surface area (Å²) in [6.45, 7) is 4.36. The first-order valence-electron chi connectivity index (χ1n) is 10.9. The molecule has 33 heavy (non-hydrogen) atoms. The number of esters is 1. The first kappa shape index (κ1) is 25.6. The quantitative estimate of drug-likeness (QED) is 0.444. The van der Waals surface area contributed by atoms with Crippen LogP contribution in [0.3, 0.4) is 0 Å². The maximum Gasteiger partial charge on any atom is 0.356 e. The van der Waals surface area contributed by atoms with Gasteiger partial charge in [-0.25, -0.2) is 14.8 Å². The van der Waals surface area contributed by atoms with Gasteiger partial charge in [0.1, 0.15) is 5.15 Å². The number of pyridine rings is 2. The van der Waals surface area contributed by atoms with E-state index in [1.54, 1.807) is 6.07 Å². The summed E-state index contributed by atoms with van der Waals surface area (Å²) in [5, 5.41) is 7.39. The topological polar surface area (TPSA) is 82.6 Å². The number of aromatic nitrogens is 2. The number of halogens is 1. The van der Waals surface area contributed by atoms with Gasteiger partial charge in [0.15, 0.2) is 17.3 Å². The van der Waals surface area contributed by atoms with E-state index in [1.807, 2.05) is 12.1 Å². The van der Waals surface area contributed by atoms with Crippen LogP contribution in [0.4, 0.5) is 23.0 Å². The van der Waals surface area contributed by atoms with Crippen LogP contribution in [0.1, 0.15) is 36.2 Å². The third-order valence-electron chi connectivity index (χ3n) is 6.31. The number of nitrogens with zero attached hydrogens (tertiary/aromatic N) is 4. The number of ether oxygens (including phenoxy) is 1. The first-order valence-corrected chi connectivity index (χ1v) is 11.3. The molecule has 6 heterocycles. The predicted molar refractivity (Wildman–Crippen MR) is 143 cm³/mol. The van der Waals surface area contributed by atoms with Gasteiger partial charge in [-0.2, -0.15) is 27.0 Å². The predicted octanol–water partition coefficient (Wildman–Crippen LogP) is 3.62. The molecule has 2 atom stereocenters. The molecule has 180 valence electrons. The fraction of sp³-hybridized carbons (Fsp3) is 0.500. The van der Waals surface area contributed by atoms with Gasteiger partial charge in [0.2, 0.25) is 0 Å². The molecule has 0 unspecified atom stereocenters. The minimum absolute atomic E-state index is 0. The summed E-state index contributed by atoms with van der Waals surface area (Å²) in [7, 11) is 1.37. The number of anilines is 4. The van der Waals surface area contributed by atoms with Crippen LogP contribution < -0.4 is 20.4 Å². The van der Waals surface area contributed by atoms with E-state index in [-0.39, 0.29) is 33.0 Å². The normalized spacial score (nSPS) is 21.3. The Morgan fingerprint density at radius 3 is 2.06 bits per heavy atom. The van der Waals surface area contributed by atoms with Crippen LogP contribution in [0.2, 0.25) is 5.15 Å². The van der Waals surface area contributed by atoms with Crippen LogP contribution in [0, 0.1) is 0 Å². The molecule has 0 radical (unpaired) electrons. The van der Waals surface area contributed by atoms with Crippen molar-refractivity contribution in [3.8, 4) is 0 Å². The Bertz CT molecular complexity index is 997. The summed E-state index contributed by atoms with van der Waals surface area (Å²) < 4.78 is 4.68. The van der Waals surface area contributed by atoms with Gasteiger partial charge in [-0.3, -0.25) is 0 Å². The minimum Gasteiger partial charge on any atom is -0.464 e. The molecule has 0 amide bonds. The summed E-state index contributed by atoms with van der Waals surface area (Å²) in [4.78, 5) is 24.8. The first-order chi connectivity index (χ1) is 15.1. The second-order valence-electron chi connectivity index (χ2n) is 8.42. The number of hydrogen-bond donors (Lipinski definition) is 2. The standard InChI is InChI=1S/C12H15N3O2.C10H12ClN3.2H2S/c1-17-12(16)9-4-5-10-11(14-9)13-8-3-2-6-15(10)7-8;11-9-4-3-8-10(13-9)12-7-2-1-5-14(8)6-7;;/h4-5,8H,2-3,6-7H2,1H3,(H,13,14);3-4,7H,1-2,5-6H2,(H,12,13);2*1H2/t8-;7-;;/m00../s1. The van der Waals surface area contributed by atoms with Crippen molar-refractivity contribution < 1.29 is 9.53 Å². The van der Waals surface area contributed by atoms with Gasteiger partial charge in [-0.15, -0.1) is 0 Å². The zero-order valence-corrected chi connectivity index (χ0v) is 21.4. The summed E-state index contributed by atoms with van der Waals surface area (Å²) in [5.41, 5.74) is 2.65. The van der Waals surface area contributed by atoms with Gasteiger partial charge in [-0.1, -0.05) is 11.6 Å². The number of fused-ring (bicyclic) bond motifs is 8. The highest BCUT2D eigenvalue weighted by Gasteiger charge is 2.29. The van der Waals surface area contributed by atoms with Crippen LogP contribution in [0.5, 0.6) is 0 Å². The summed E-state index contributed by atoms with van der Waals surface area (Å²) in [5.74, 6) is 1.37. The molecule has 8 nitrogen and oxygen atoms in total. The molecule has 0 spiro atoms. The summed E-state index contributed by atoms with van der Waals surface area (Å²) in [6, 6.07) is 8.60. The molecular weight excluding hydrogens is 480 g/mol. The van der Waals surface area contributed by atoms with Crippen molar-refractivity contribution >= 4 is 67.6 Å². The second-order valence-corrected chi connectivity index (χ2v) is 8.80. The highest BCUT2D eigenvalue weighted by atomic mass is 35.5. The molecule has 6 rings (SSSR count).